The third kappa shape index (κ3) is 6.13. The molecule has 0 bridgehead atoms. The Kier molecular flexibility index (Phi) is 7.78. The van der Waals surface area contributed by atoms with E-state index in [1.807, 2.05) is 0 Å². The Hall–Kier alpha value is -2.75. The molecule has 1 aliphatic heterocycles. The van der Waals surface area contributed by atoms with Gasteiger partial charge in [-0.1, -0.05) is 47.1 Å². The number of nitrogens with one attached hydrogen (secondary N) is 1. The van der Waals surface area contributed by atoms with Crippen LogP contribution in [0.25, 0.3) is 0 Å². The number of methoxy groups -OCH3 is 1. The molecule has 0 unspecified atom stereocenters. The number of carboxylic acid groups (broad SMARTS) is 1. The van der Waals surface area contributed by atoms with Gasteiger partial charge in [-0.25, -0.2) is 0 Å². The lowest BCUT2D eigenvalue weighted by molar-refractivity contribution is -0.138. The molecule has 1 fully saturated rings. The van der Waals surface area contributed by atoms with Crippen LogP contribution in [0.2, 0.25) is 10.0 Å². The largest absolute Gasteiger partial charge is 0.493 e. The lowest BCUT2D eigenvalue weighted by Crippen LogP contribution is -2.26. The summed E-state index contributed by atoms with van der Waals surface area (Å²) in [6.07, 6.45) is 1.16. The molecule has 162 valence electrons. The number of carboxylic acids is 1. The fourth-order valence-electron chi connectivity index (χ4n) is 2.63. The van der Waals surface area contributed by atoms with Gasteiger partial charge in [0.15, 0.2) is 16.7 Å². The van der Waals surface area contributed by atoms with E-state index < -0.39 is 17.1 Å². The summed E-state index contributed by atoms with van der Waals surface area (Å²) < 4.78 is 11.3. The number of nitrogens with zero attached hydrogens (tertiary/aromatic N) is 2. The van der Waals surface area contributed by atoms with Crippen LogP contribution in [0.15, 0.2) is 46.6 Å². The lowest BCUT2D eigenvalue weighted by atomic mass is 10.2. The van der Waals surface area contributed by atoms with Gasteiger partial charge in [-0.3, -0.25) is 9.59 Å². The Morgan fingerprint density at radius 2 is 2.13 bits per heavy atom. The summed E-state index contributed by atoms with van der Waals surface area (Å²) in [4.78, 5) is 22.6. The minimum Gasteiger partial charge on any atom is -0.493 e. The van der Waals surface area contributed by atoms with Crippen LogP contribution in [0.5, 0.6) is 11.5 Å². The van der Waals surface area contributed by atoms with Crippen molar-refractivity contribution in [3.05, 3.63) is 57.6 Å². The highest BCUT2D eigenvalue weighted by atomic mass is 35.5. The number of para-hydroxylation sites is 1. The zero-order valence-electron chi connectivity index (χ0n) is 16.2. The Labute approximate surface area is 192 Å². The molecule has 0 saturated carbocycles. The monoisotopic (exact) mass is 481 g/mol. The Morgan fingerprint density at radius 1 is 1.32 bits per heavy atom. The fraction of sp³-hybridized carbons (Fsp3) is 0.200. The number of amidine groups is 1. The molecule has 1 amide bonds. The predicted molar refractivity (Wildman–Crippen MR) is 121 cm³/mol. The van der Waals surface area contributed by atoms with Gasteiger partial charge in [-0.2, -0.15) is 5.10 Å². The van der Waals surface area contributed by atoms with Gasteiger partial charge >= 0.3 is 5.97 Å². The highest BCUT2D eigenvalue weighted by Crippen LogP contribution is 2.32. The minimum absolute atomic E-state index is 0.175. The van der Waals surface area contributed by atoms with Gasteiger partial charge in [0.1, 0.15) is 11.9 Å². The number of hydrogen-bond donors (Lipinski definition) is 2. The van der Waals surface area contributed by atoms with E-state index in [4.69, 9.17) is 37.8 Å². The first kappa shape index (κ1) is 22.9. The third-order valence-corrected chi connectivity index (χ3v) is 5.76. The van der Waals surface area contributed by atoms with E-state index in [2.05, 4.69) is 15.5 Å². The van der Waals surface area contributed by atoms with Crippen LogP contribution in [0.1, 0.15) is 17.5 Å². The van der Waals surface area contributed by atoms with Crippen LogP contribution in [-0.4, -0.2) is 40.7 Å². The first-order valence-electron chi connectivity index (χ1n) is 8.91. The summed E-state index contributed by atoms with van der Waals surface area (Å²) in [5.41, 5.74) is 1.33. The van der Waals surface area contributed by atoms with E-state index >= 15 is 0 Å². The molecule has 2 aromatic carbocycles. The van der Waals surface area contributed by atoms with Crippen LogP contribution in [0.4, 0.5) is 0 Å². The first-order valence-corrected chi connectivity index (χ1v) is 10.5. The zero-order chi connectivity index (χ0) is 22.4. The summed E-state index contributed by atoms with van der Waals surface area (Å²) in [5, 5.41) is 19.8. The fourth-order valence-corrected chi connectivity index (χ4v) is 4.01. The number of carbonyl (C=O) groups excluding carboxylic acids is 1. The summed E-state index contributed by atoms with van der Waals surface area (Å²) in [6.45, 7) is 0.175. The number of hydrogen-bond acceptors (Lipinski definition) is 7. The number of aliphatic carboxylic acids is 1. The van der Waals surface area contributed by atoms with Crippen LogP contribution in [-0.2, 0) is 16.2 Å². The molecule has 1 saturated heterocycles. The highest BCUT2D eigenvalue weighted by molar-refractivity contribution is 8.15. The lowest BCUT2D eigenvalue weighted by Gasteiger charge is -2.13. The molecule has 1 atom stereocenters. The summed E-state index contributed by atoms with van der Waals surface area (Å²) in [7, 11) is 1.52. The minimum atomic E-state index is -1.06. The van der Waals surface area contributed by atoms with E-state index in [0.717, 1.165) is 17.3 Å². The van der Waals surface area contributed by atoms with Crippen molar-refractivity contribution in [1.29, 1.82) is 0 Å². The Balaban J connectivity index is 1.75. The summed E-state index contributed by atoms with van der Waals surface area (Å²) >= 11 is 13.2. The quantitative estimate of drug-likeness (QED) is 0.435. The molecule has 1 heterocycles. The van der Waals surface area contributed by atoms with Gasteiger partial charge in [-0.05, 0) is 24.3 Å². The maximum absolute atomic E-state index is 11.8. The predicted octanol–water partition coefficient (Wildman–Crippen LogP) is 3.98. The van der Waals surface area contributed by atoms with Crippen molar-refractivity contribution in [2.24, 2.45) is 10.2 Å². The highest BCUT2D eigenvalue weighted by Gasteiger charge is 2.32. The molecule has 0 radical (unpaired) electrons. The number of halogens is 2. The number of amides is 1. The topological polar surface area (TPSA) is 110 Å². The zero-order valence-corrected chi connectivity index (χ0v) is 18.5. The average Bonchev–Trinajstić information content (AvgIpc) is 3.06. The second kappa shape index (κ2) is 10.5. The molecule has 31 heavy (non-hydrogen) atoms. The molecule has 0 aliphatic carbocycles. The number of benzene rings is 2. The Morgan fingerprint density at radius 3 is 2.84 bits per heavy atom. The van der Waals surface area contributed by atoms with E-state index in [9.17, 15) is 9.59 Å². The van der Waals surface area contributed by atoms with Crippen molar-refractivity contribution in [2.45, 2.75) is 18.3 Å². The maximum Gasteiger partial charge on any atom is 0.305 e. The molecular weight excluding hydrogens is 465 g/mol. The van der Waals surface area contributed by atoms with Crippen molar-refractivity contribution in [2.75, 3.05) is 7.11 Å². The van der Waals surface area contributed by atoms with Gasteiger partial charge in [-0.15, -0.1) is 5.10 Å². The molecule has 0 spiro atoms. The van der Waals surface area contributed by atoms with Crippen molar-refractivity contribution < 1.29 is 24.2 Å². The van der Waals surface area contributed by atoms with E-state index in [1.54, 1.807) is 36.4 Å². The molecule has 11 heteroatoms. The SMILES string of the molecule is COc1cccc(/C=N\N=C2\NC(=O)[C@@H](CC(=O)O)S2)c1OCc1ccc(Cl)cc1Cl. The molecular formula is C20H17Cl2N3O5S. The third-order valence-electron chi connectivity index (χ3n) is 4.10. The molecule has 0 aromatic heterocycles. The summed E-state index contributed by atoms with van der Waals surface area (Å²) in [6, 6.07) is 10.4. The normalized spacial score (nSPS) is 17.2. The second-order valence-electron chi connectivity index (χ2n) is 6.25. The maximum atomic E-state index is 11.8. The van der Waals surface area contributed by atoms with Crippen LogP contribution >= 0.6 is 35.0 Å². The average molecular weight is 482 g/mol. The van der Waals surface area contributed by atoms with Crippen LogP contribution in [0, 0.1) is 0 Å². The number of carbonyl (C=O) groups is 2. The Bertz CT molecular complexity index is 1060. The molecule has 2 aromatic rings. The van der Waals surface area contributed by atoms with Gasteiger partial charge in [0, 0.05) is 21.2 Å². The molecule has 3 rings (SSSR count). The number of rotatable bonds is 8. The molecule has 1 aliphatic rings. The van der Waals surface area contributed by atoms with Crippen LogP contribution < -0.4 is 14.8 Å². The van der Waals surface area contributed by atoms with Gasteiger partial charge in [0.05, 0.1) is 19.7 Å². The van der Waals surface area contributed by atoms with Crippen molar-refractivity contribution >= 4 is 58.2 Å². The van der Waals surface area contributed by atoms with E-state index in [-0.39, 0.29) is 18.2 Å². The second-order valence-corrected chi connectivity index (χ2v) is 8.28. The van der Waals surface area contributed by atoms with Gasteiger partial charge in [0.25, 0.3) is 0 Å². The van der Waals surface area contributed by atoms with Crippen molar-refractivity contribution in [1.82, 2.24) is 5.32 Å². The first-order chi connectivity index (χ1) is 14.9. The molecule has 2 N–H and O–H groups in total. The smallest absolute Gasteiger partial charge is 0.305 e. The van der Waals surface area contributed by atoms with Gasteiger partial charge in [0.2, 0.25) is 5.91 Å². The van der Waals surface area contributed by atoms with E-state index in [0.29, 0.717) is 27.1 Å². The van der Waals surface area contributed by atoms with Gasteiger partial charge < -0.3 is 19.9 Å². The number of ether oxygens (including phenoxy) is 2. The summed E-state index contributed by atoms with van der Waals surface area (Å²) in [5.74, 6) is -0.540. The van der Waals surface area contributed by atoms with Crippen molar-refractivity contribution in [3.63, 3.8) is 0 Å². The standard InChI is InChI=1S/C20H17Cl2N3O5S/c1-29-15-4-2-3-11(18(15)30-10-12-5-6-13(21)7-14(12)22)9-23-25-20-24-19(28)16(31-20)8-17(26)27/h2-7,9,16H,8,10H2,1H3,(H,26,27)(H,24,25,28)/b23-9-/t16-/m1/s1. The van der Waals surface area contributed by atoms with Crippen molar-refractivity contribution in [3.8, 4) is 11.5 Å². The van der Waals surface area contributed by atoms with E-state index in [1.165, 1.54) is 13.3 Å². The van der Waals surface area contributed by atoms with Crippen LogP contribution in [0.3, 0.4) is 0 Å². The molecule has 8 nitrogen and oxygen atoms in total. The number of thioether (sulfide) groups is 1.